The zero-order valence-electron chi connectivity index (χ0n) is 15.7. The van der Waals surface area contributed by atoms with Crippen molar-refractivity contribution in [1.82, 2.24) is 9.78 Å². The number of amides is 1. The summed E-state index contributed by atoms with van der Waals surface area (Å²) >= 11 is 9.32. The van der Waals surface area contributed by atoms with Gasteiger partial charge in [-0.05, 0) is 45.8 Å². The molecule has 0 radical (unpaired) electrons. The summed E-state index contributed by atoms with van der Waals surface area (Å²) in [6, 6.07) is 10.4. The van der Waals surface area contributed by atoms with Gasteiger partial charge in [0.1, 0.15) is 12.4 Å². The predicted molar refractivity (Wildman–Crippen MR) is 111 cm³/mol. The molecule has 0 aliphatic carbocycles. The highest BCUT2D eigenvalue weighted by Gasteiger charge is 2.27. The first-order valence-corrected chi connectivity index (χ1v) is 10.00. The van der Waals surface area contributed by atoms with Crippen molar-refractivity contribution in [3.63, 3.8) is 0 Å². The highest BCUT2D eigenvalue weighted by Crippen LogP contribution is 2.24. The number of nitrogens with zero attached hydrogens (tertiary/aromatic N) is 2. The fourth-order valence-corrected chi connectivity index (χ4v) is 3.31. The molecule has 0 unspecified atom stereocenters. The Labute approximate surface area is 188 Å². The number of alkyl halides is 3. The lowest BCUT2D eigenvalue weighted by Gasteiger charge is -2.09. The van der Waals surface area contributed by atoms with E-state index in [1.54, 1.807) is 18.3 Å². The quantitative estimate of drug-likeness (QED) is 0.400. The zero-order valence-corrected chi connectivity index (χ0v) is 18.1. The molecule has 31 heavy (non-hydrogen) atoms. The van der Waals surface area contributed by atoms with Crippen molar-refractivity contribution in [3.05, 3.63) is 80.7 Å². The molecule has 3 rings (SSSR count). The van der Waals surface area contributed by atoms with Gasteiger partial charge in [0.05, 0.1) is 17.6 Å². The topological polar surface area (TPSA) is 56.2 Å². The maximum Gasteiger partial charge on any atom is 0.411 e. The maximum atomic E-state index is 14.0. The van der Waals surface area contributed by atoms with Crippen LogP contribution in [0.4, 0.5) is 23.4 Å². The molecular formula is C20H15BrClF4N3O2. The molecule has 0 atom stereocenters. The number of benzene rings is 2. The maximum absolute atomic E-state index is 14.0. The van der Waals surface area contributed by atoms with Gasteiger partial charge in [0, 0.05) is 22.3 Å². The number of rotatable bonds is 7. The normalized spacial score (nSPS) is 11.5. The molecule has 0 saturated carbocycles. The van der Waals surface area contributed by atoms with Crippen LogP contribution in [0.15, 0.2) is 53.1 Å². The number of carbonyl (C=O) groups excluding carboxylic acids is 1. The second-order valence-electron chi connectivity index (χ2n) is 6.49. The van der Waals surface area contributed by atoms with E-state index in [1.807, 2.05) is 0 Å². The molecule has 0 aliphatic rings. The Kier molecular flexibility index (Phi) is 7.34. The summed E-state index contributed by atoms with van der Waals surface area (Å²) in [5.74, 6) is -0.807. The van der Waals surface area contributed by atoms with Crippen LogP contribution in [-0.2, 0) is 17.9 Å². The molecule has 0 aliphatic heterocycles. The van der Waals surface area contributed by atoms with E-state index in [9.17, 15) is 22.4 Å². The molecule has 1 amide bonds. The van der Waals surface area contributed by atoms with Crippen LogP contribution < -0.4 is 5.32 Å². The summed E-state index contributed by atoms with van der Waals surface area (Å²) in [7, 11) is 0. The first kappa shape index (κ1) is 23.2. The number of halogens is 6. The first-order chi connectivity index (χ1) is 14.6. The van der Waals surface area contributed by atoms with Crippen LogP contribution in [0.2, 0.25) is 5.02 Å². The standard InChI is InChI=1S/C20H15BrClF4N3O2/c21-15-9-29(8-14-16(22)5-2-6-17(14)23)28-18(15)27-19(30)13-4-1-3-12(7-13)10-31-11-20(24,25)26/h1-7,9H,8,10-11H2,(H,27,28,30). The third kappa shape index (κ3) is 6.52. The van der Waals surface area contributed by atoms with Crippen molar-refractivity contribution in [2.75, 3.05) is 11.9 Å². The minimum absolute atomic E-state index is 0.0476. The minimum atomic E-state index is -4.42. The molecule has 11 heteroatoms. The fraction of sp³-hybridized carbons (Fsp3) is 0.200. The molecule has 0 bridgehead atoms. The largest absolute Gasteiger partial charge is 0.411 e. The third-order valence-corrected chi connectivity index (χ3v) is 4.99. The first-order valence-electron chi connectivity index (χ1n) is 8.83. The van der Waals surface area contributed by atoms with Gasteiger partial charge in [-0.3, -0.25) is 9.48 Å². The van der Waals surface area contributed by atoms with Gasteiger partial charge in [-0.25, -0.2) is 4.39 Å². The third-order valence-electron chi connectivity index (χ3n) is 4.05. The Morgan fingerprint density at radius 3 is 2.68 bits per heavy atom. The van der Waals surface area contributed by atoms with Crippen molar-refractivity contribution >= 4 is 39.3 Å². The number of carbonyl (C=O) groups is 1. The molecule has 2 aromatic carbocycles. The average molecular weight is 521 g/mol. The van der Waals surface area contributed by atoms with Crippen molar-refractivity contribution in [2.45, 2.75) is 19.3 Å². The van der Waals surface area contributed by atoms with Gasteiger partial charge in [-0.2, -0.15) is 18.3 Å². The number of hydrogen-bond acceptors (Lipinski definition) is 3. The summed E-state index contributed by atoms with van der Waals surface area (Å²) < 4.78 is 57.1. The van der Waals surface area contributed by atoms with Gasteiger partial charge < -0.3 is 10.1 Å². The van der Waals surface area contributed by atoms with E-state index in [0.29, 0.717) is 10.0 Å². The molecule has 1 aromatic heterocycles. The van der Waals surface area contributed by atoms with E-state index < -0.39 is 24.5 Å². The Balaban J connectivity index is 1.68. The van der Waals surface area contributed by atoms with E-state index in [-0.39, 0.29) is 35.1 Å². The van der Waals surface area contributed by atoms with E-state index in [2.05, 4.69) is 31.1 Å². The lowest BCUT2D eigenvalue weighted by Crippen LogP contribution is -2.17. The molecule has 1 heterocycles. The van der Waals surface area contributed by atoms with Crippen LogP contribution >= 0.6 is 27.5 Å². The van der Waals surface area contributed by atoms with Crippen molar-refractivity contribution < 1.29 is 27.1 Å². The Morgan fingerprint density at radius 2 is 1.97 bits per heavy atom. The van der Waals surface area contributed by atoms with Gasteiger partial charge >= 0.3 is 6.18 Å². The second-order valence-corrected chi connectivity index (χ2v) is 7.75. The molecule has 0 fully saturated rings. The van der Waals surface area contributed by atoms with Crippen LogP contribution in [0.3, 0.4) is 0 Å². The summed E-state index contributed by atoms with van der Waals surface area (Å²) in [5, 5.41) is 7.07. The molecular weight excluding hydrogens is 506 g/mol. The number of hydrogen-bond donors (Lipinski definition) is 1. The van der Waals surface area contributed by atoms with E-state index in [0.717, 1.165) is 0 Å². The van der Waals surface area contributed by atoms with Gasteiger partial charge in [-0.15, -0.1) is 0 Å². The van der Waals surface area contributed by atoms with Gasteiger partial charge in [0.15, 0.2) is 5.82 Å². The molecule has 0 saturated heterocycles. The summed E-state index contributed by atoms with van der Waals surface area (Å²) in [4.78, 5) is 12.5. The Morgan fingerprint density at radius 1 is 1.23 bits per heavy atom. The number of nitrogens with one attached hydrogen (secondary N) is 1. The summed E-state index contributed by atoms with van der Waals surface area (Å²) in [6.45, 7) is -1.62. The summed E-state index contributed by atoms with van der Waals surface area (Å²) in [6.07, 6.45) is -2.87. The molecule has 3 aromatic rings. The lowest BCUT2D eigenvalue weighted by molar-refractivity contribution is -0.176. The van der Waals surface area contributed by atoms with E-state index in [4.69, 9.17) is 11.6 Å². The minimum Gasteiger partial charge on any atom is -0.367 e. The van der Waals surface area contributed by atoms with Crippen LogP contribution in [0, 0.1) is 5.82 Å². The molecule has 1 N–H and O–H groups in total. The van der Waals surface area contributed by atoms with Crippen LogP contribution in [0.5, 0.6) is 0 Å². The summed E-state index contributed by atoms with van der Waals surface area (Å²) in [5.41, 5.74) is 0.881. The van der Waals surface area contributed by atoms with Crippen molar-refractivity contribution in [2.24, 2.45) is 0 Å². The van der Waals surface area contributed by atoms with E-state index in [1.165, 1.54) is 35.0 Å². The van der Waals surface area contributed by atoms with Crippen molar-refractivity contribution in [1.29, 1.82) is 0 Å². The molecule has 0 spiro atoms. The number of ether oxygens (including phenoxy) is 1. The molecule has 5 nitrogen and oxygen atoms in total. The van der Waals surface area contributed by atoms with Crippen LogP contribution in [-0.4, -0.2) is 28.5 Å². The van der Waals surface area contributed by atoms with E-state index >= 15 is 0 Å². The SMILES string of the molecule is O=C(Nc1nn(Cc2c(F)cccc2Cl)cc1Br)c1cccc(COCC(F)(F)F)c1. The fourth-order valence-electron chi connectivity index (χ4n) is 2.67. The number of aromatic nitrogens is 2. The average Bonchev–Trinajstić information content (AvgIpc) is 3.03. The highest BCUT2D eigenvalue weighted by atomic mass is 79.9. The van der Waals surface area contributed by atoms with Crippen molar-refractivity contribution in [3.8, 4) is 0 Å². The second kappa shape index (κ2) is 9.80. The Bertz CT molecular complexity index is 1070. The smallest absolute Gasteiger partial charge is 0.367 e. The van der Waals surface area contributed by atoms with Crippen LogP contribution in [0.1, 0.15) is 21.5 Å². The number of anilines is 1. The Hall–Kier alpha value is -2.43. The van der Waals surface area contributed by atoms with Gasteiger partial charge in [0.2, 0.25) is 0 Å². The zero-order chi connectivity index (χ0) is 22.6. The molecule has 164 valence electrons. The highest BCUT2D eigenvalue weighted by molar-refractivity contribution is 9.10. The van der Waals surface area contributed by atoms with Crippen LogP contribution in [0.25, 0.3) is 0 Å². The predicted octanol–water partition coefficient (Wildman–Crippen LogP) is 5.82. The lowest BCUT2D eigenvalue weighted by atomic mass is 10.1. The monoisotopic (exact) mass is 519 g/mol. The van der Waals surface area contributed by atoms with Gasteiger partial charge in [-0.1, -0.05) is 29.8 Å². The van der Waals surface area contributed by atoms with Gasteiger partial charge in [0.25, 0.3) is 5.91 Å².